The van der Waals surface area contributed by atoms with E-state index in [1.165, 1.54) is 23.4 Å². The summed E-state index contributed by atoms with van der Waals surface area (Å²) in [5, 5.41) is 1.23. The third kappa shape index (κ3) is 2.75. The number of thioether (sulfide) groups is 1. The van der Waals surface area contributed by atoms with E-state index in [4.69, 9.17) is 0 Å². The maximum atomic E-state index is 12.6. The predicted molar refractivity (Wildman–Crippen MR) is 96.4 cm³/mol. The van der Waals surface area contributed by atoms with Gasteiger partial charge in [0.05, 0.1) is 0 Å². The van der Waals surface area contributed by atoms with E-state index < -0.39 is 5.69 Å². The average molecular weight is 342 g/mol. The molecule has 0 unspecified atom stereocenters. The minimum atomic E-state index is -0.397. The summed E-state index contributed by atoms with van der Waals surface area (Å²) >= 11 is 1.49. The van der Waals surface area contributed by atoms with Gasteiger partial charge in [0.1, 0.15) is 10.4 Å². The SMILES string of the molecule is CC(C)Sc1nc(-c2ccccc2)nc2c1c(=O)n(C)c(=O)n2C. The van der Waals surface area contributed by atoms with Crippen molar-refractivity contribution in [2.45, 2.75) is 24.1 Å². The number of fused-ring (bicyclic) bond motifs is 1. The van der Waals surface area contributed by atoms with Crippen LogP contribution in [0.5, 0.6) is 0 Å². The fourth-order valence-corrected chi connectivity index (χ4v) is 3.34. The van der Waals surface area contributed by atoms with E-state index in [-0.39, 0.29) is 10.8 Å². The molecule has 6 nitrogen and oxygen atoms in total. The highest BCUT2D eigenvalue weighted by Crippen LogP contribution is 2.28. The normalized spacial score (nSPS) is 11.4. The molecule has 2 aromatic heterocycles. The molecule has 0 radical (unpaired) electrons. The van der Waals surface area contributed by atoms with Crippen molar-refractivity contribution in [3.63, 3.8) is 0 Å². The van der Waals surface area contributed by atoms with Crippen LogP contribution in [0.15, 0.2) is 44.9 Å². The molecule has 0 saturated carbocycles. The quantitative estimate of drug-likeness (QED) is 0.539. The summed E-state index contributed by atoms with van der Waals surface area (Å²) in [6.07, 6.45) is 0. The Morgan fingerprint density at radius 1 is 1.00 bits per heavy atom. The van der Waals surface area contributed by atoms with Gasteiger partial charge in [-0.1, -0.05) is 44.2 Å². The van der Waals surface area contributed by atoms with Crippen LogP contribution in [0.4, 0.5) is 0 Å². The first-order chi connectivity index (χ1) is 11.4. The summed E-state index contributed by atoms with van der Waals surface area (Å²) in [4.78, 5) is 34.0. The third-order valence-corrected chi connectivity index (χ3v) is 4.64. The molecule has 0 bridgehead atoms. The van der Waals surface area contributed by atoms with Crippen molar-refractivity contribution in [1.82, 2.24) is 19.1 Å². The monoisotopic (exact) mass is 342 g/mol. The van der Waals surface area contributed by atoms with Gasteiger partial charge in [-0.15, -0.1) is 11.8 Å². The molecule has 124 valence electrons. The van der Waals surface area contributed by atoms with Crippen LogP contribution < -0.4 is 11.2 Å². The topological polar surface area (TPSA) is 69.8 Å². The van der Waals surface area contributed by atoms with Crippen LogP contribution in [0.25, 0.3) is 22.4 Å². The second-order valence-electron chi connectivity index (χ2n) is 5.79. The molecule has 7 heteroatoms. The lowest BCUT2D eigenvalue weighted by molar-refractivity contribution is 0.703. The van der Waals surface area contributed by atoms with E-state index in [9.17, 15) is 9.59 Å². The molecular weight excluding hydrogens is 324 g/mol. The predicted octanol–water partition coefficient (Wildman–Crippen LogP) is 2.19. The molecule has 0 saturated heterocycles. The van der Waals surface area contributed by atoms with Gasteiger partial charge in [-0.05, 0) is 0 Å². The maximum absolute atomic E-state index is 12.6. The Labute approximate surface area is 143 Å². The molecular formula is C17H18N4O2S. The van der Waals surface area contributed by atoms with Crippen LogP contribution in [0, 0.1) is 0 Å². The highest BCUT2D eigenvalue weighted by atomic mass is 32.2. The molecule has 0 spiro atoms. The molecule has 0 N–H and O–H groups in total. The summed E-state index contributed by atoms with van der Waals surface area (Å²) in [5.74, 6) is 0.509. The van der Waals surface area contributed by atoms with Crippen LogP contribution in [0.1, 0.15) is 13.8 Å². The van der Waals surface area contributed by atoms with E-state index >= 15 is 0 Å². The summed E-state index contributed by atoms with van der Waals surface area (Å²) in [6.45, 7) is 4.07. The Balaban J connectivity index is 2.44. The summed E-state index contributed by atoms with van der Waals surface area (Å²) in [6, 6.07) is 9.54. The number of aryl methyl sites for hydroxylation is 1. The Kier molecular flexibility index (Phi) is 4.28. The Hall–Kier alpha value is -2.41. The summed E-state index contributed by atoms with van der Waals surface area (Å²) in [7, 11) is 3.09. The Morgan fingerprint density at radius 2 is 1.67 bits per heavy atom. The van der Waals surface area contributed by atoms with Gasteiger partial charge >= 0.3 is 5.69 Å². The van der Waals surface area contributed by atoms with Gasteiger partial charge in [0.2, 0.25) is 0 Å². The number of hydrogen-bond acceptors (Lipinski definition) is 5. The van der Waals surface area contributed by atoms with Gasteiger partial charge in [-0.3, -0.25) is 13.9 Å². The lowest BCUT2D eigenvalue weighted by atomic mass is 10.2. The number of hydrogen-bond donors (Lipinski definition) is 0. The smallest absolute Gasteiger partial charge is 0.280 e. The highest BCUT2D eigenvalue weighted by Gasteiger charge is 2.18. The minimum absolute atomic E-state index is 0.244. The minimum Gasteiger partial charge on any atom is -0.280 e. The van der Waals surface area contributed by atoms with E-state index in [0.29, 0.717) is 21.9 Å². The molecule has 3 rings (SSSR count). The second kappa shape index (κ2) is 6.24. The second-order valence-corrected chi connectivity index (χ2v) is 7.35. The molecule has 0 aliphatic carbocycles. The zero-order valence-electron chi connectivity index (χ0n) is 14.0. The lowest BCUT2D eigenvalue weighted by Crippen LogP contribution is -2.37. The van der Waals surface area contributed by atoms with Gasteiger partial charge < -0.3 is 0 Å². The molecule has 24 heavy (non-hydrogen) atoms. The number of benzene rings is 1. The largest absolute Gasteiger partial charge is 0.332 e. The van der Waals surface area contributed by atoms with Crippen molar-refractivity contribution in [3.05, 3.63) is 51.2 Å². The average Bonchev–Trinajstić information content (AvgIpc) is 2.57. The van der Waals surface area contributed by atoms with E-state index in [0.717, 1.165) is 10.1 Å². The highest BCUT2D eigenvalue weighted by molar-refractivity contribution is 8.00. The fraction of sp³-hybridized carbons (Fsp3) is 0.294. The Morgan fingerprint density at radius 3 is 2.29 bits per heavy atom. The fourth-order valence-electron chi connectivity index (χ4n) is 2.45. The first-order valence-electron chi connectivity index (χ1n) is 7.60. The molecule has 0 aliphatic rings. The van der Waals surface area contributed by atoms with Crippen LogP contribution >= 0.6 is 11.8 Å². The Bertz CT molecular complexity index is 1020. The van der Waals surface area contributed by atoms with Crippen molar-refractivity contribution in [2.75, 3.05) is 0 Å². The maximum Gasteiger partial charge on any atom is 0.332 e. The summed E-state index contributed by atoms with van der Waals surface area (Å²) in [5.41, 5.74) is 0.444. The molecule has 0 fully saturated rings. The van der Waals surface area contributed by atoms with Gasteiger partial charge in [-0.2, -0.15) is 0 Å². The molecule has 0 atom stereocenters. The van der Waals surface area contributed by atoms with Crippen molar-refractivity contribution >= 4 is 22.8 Å². The van der Waals surface area contributed by atoms with Gasteiger partial charge in [-0.25, -0.2) is 14.8 Å². The first kappa shape index (κ1) is 16.4. The third-order valence-electron chi connectivity index (χ3n) is 3.65. The van der Waals surface area contributed by atoms with Crippen molar-refractivity contribution in [1.29, 1.82) is 0 Å². The number of nitrogens with zero attached hydrogens (tertiary/aromatic N) is 4. The van der Waals surface area contributed by atoms with Gasteiger partial charge in [0, 0.05) is 24.9 Å². The van der Waals surface area contributed by atoms with Gasteiger partial charge in [0.15, 0.2) is 11.5 Å². The molecule has 2 heterocycles. The zero-order chi connectivity index (χ0) is 17.4. The number of aromatic nitrogens is 4. The van der Waals surface area contributed by atoms with Crippen LogP contribution in [0.3, 0.4) is 0 Å². The molecule has 0 aliphatic heterocycles. The van der Waals surface area contributed by atoms with Crippen molar-refractivity contribution in [2.24, 2.45) is 14.1 Å². The van der Waals surface area contributed by atoms with Crippen molar-refractivity contribution < 1.29 is 0 Å². The molecule has 0 amide bonds. The van der Waals surface area contributed by atoms with Crippen LogP contribution in [0.2, 0.25) is 0 Å². The number of rotatable bonds is 3. The van der Waals surface area contributed by atoms with Gasteiger partial charge in [0.25, 0.3) is 5.56 Å². The zero-order valence-corrected chi connectivity index (χ0v) is 14.8. The van der Waals surface area contributed by atoms with Crippen molar-refractivity contribution in [3.8, 4) is 11.4 Å². The van der Waals surface area contributed by atoms with Crippen LogP contribution in [-0.4, -0.2) is 24.4 Å². The lowest BCUT2D eigenvalue weighted by Gasteiger charge is -2.13. The standard InChI is InChI=1S/C17H18N4O2S/c1-10(2)24-15-12-14(20(3)17(23)21(4)16(12)22)18-13(19-15)11-8-6-5-7-9-11/h5-10H,1-4H3. The van der Waals surface area contributed by atoms with E-state index in [2.05, 4.69) is 9.97 Å². The van der Waals surface area contributed by atoms with Crippen LogP contribution in [-0.2, 0) is 14.1 Å². The molecule has 1 aromatic carbocycles. The molecule has 3 aromatic rings. The summed E-state index contributed by atoms with van der Waals surface area (Å²) < 4.78 is 2.49. The first-order valence-corrected chi connectivity index (χ1v) is 8.48. The van der Waals surface area contributed by atoms with E-state index in [1.54, 1.807) is 7.05 Å². The van der Waals surface area contributed by atoms with E-state index in [1.807, 2.05) is 44.2 Å².